The summed E-state index contributed by atoms with van der Waals surface area (Å²) in [5.74, 6) is -0.430. The smallest absolute Gasteiger partial charge is 0.161 e. The van der Waals surface area contributed by atoms with Crippen molar-refractivity contribution in [2.75, 3.05) is 5.32 Å². The second-order valence-electron chi connectivity index (χ2n) is 4.64. The van der Waals surface area contributed by atoms with Crippen molar-refractivity contribution in [2.24, 2.45) is 0 Å². The van der Waals surface area contributed by atoms with Crippen molar-refractivity contribution in [3.8, 4) is 6.07 Å². The molecular formula is C15H14BrFN2S. The van der Waals surface area contributed by atoms with Crippen molar-refractivity contribution in [1.82, 2.24) is 0 Å². The van der Waals surface area contributed by atoms with Crippen molar-refractivity contribution in [3.63, 3.8) is 0 Å². The highest BCUT2D eigenvalue weighted by atomic mass is 79.9. The zero-order valence-corrected chi connectivity index (χ0v) is 13.8. The van der Waals surface area contributed by atoms with E-state index in [0.717, 1.165) is 0 Å². The van der Waals surface area contributed by atoms with Gasteiger partial charge >= 0.3 is 0 Å². The van der Waals surface area contributed by atoms with Gasteiger partial charge in [0.05, 0.1) is 15.7 Å². The lowest BCUT2D eigenvalue weighted by molar-refractivity contribution is 0.620. The Hall–Kier alpha value is -1.38. The summed E-state index contributed by atoms with van der Waals surface area (Å²) in [7, 11) is 0. The Balaban J connectivity index is 2.29. The quantitative estimate of drug-likeness (QED) is 0.812. The van der Waals surface area contributed by atoms with Crippen LogP contribution in [0.1, 0.15) is 33.8 Å². The van der Waals surface area contributed by atoms with Crippen LogP contribution in [0.2, 0.25) is 0 Å². The Labute approximate surface area is 130 Å². The summed E-state index contributed by atoms with van der Waals surface area (Å²) >= 11 is 4.86. The molecule has 0 saturated heterocycles. The number of nitrogens with one attached hydrogen (secondary N) is 1. The predicted octanol–water partition coefficient (Wildman–Crippen LogP) is 5.31. The molecule has 0 fully saturated rings. The number of nitriles is 1. The zero-order chi connectivity index (χ0) is 14.9. The third-order valence-corrected chi connectivity index (χ3v) is 4.88. The van der Waals surface area contributed by atoms with Crippen molar-refractivity contribution >= 4 is 33.0 Å². The summed E-state index contributed by atoms with van der Waals surface area (Å²) in [6, 6.07) is 7.28. The number of hydrogen-bond acceptors (Lipinski definition) is 3. The lowest BCUT2D eigenvalue weighted by atomic mass is 10.1. The molecule has 1 atom stereocenters. The van der Waals surface area contributed by atoms with Crippen LogP contribution in [0.25, 0.3) is 0 Å². The van der Waals surface area contributed by atoms with Crippen LogP contribution in [0, 0.1) is 31.0 Å². The molecule has 20 heavy (non-hydrogen) atoms. The van der Waals surface area contributed by atoms with E-state index in [1.165, 1.54) is 15.3 Å². The molecule has 1 aromatic carbocycles. The van der Waals surface area contributed by atoms with Gasteiger partial charge in [0, 0.05) is 15.8 Å². The van der Waals surface area contributed by atoms with E-state index in [4.69, 9.17) is 5.26 Å². The molecule has 0 amide bonds. The fourth-order valence-corrected chi connectivity index (χ4v) is 3.60. The van der Waals surface area contributed by atoms with Gasteiger partial charge in [-0.2, -0.15) is 5.26 Å². The van der Waals surface area contributed by atoms with E-state index in [-0.39, 0.29) is 10.5 Å². The maximum atomic E-state index is 14.2. The van der Waals surface area contributed by atoms with Crippen LogP contribution >= 0.6 is 27.3 Å². The van der Waals surface area contributed by atoms with E-state index >= 15 is 0 Å². The second kappa shape index (κ2) is 5.94. The van der Waals surface area contributed by atoms with Gasteiger partial charge in [-0.05, 0) is 60.5 Å². The summed E-state index contributed by atoms with van der Waals surface area (Å²) < 4.78 is 14.4. The van der Waals surface area contributed by atoms with Crippen LogP contribution in [-0.4, -0.2) is 0 Å². The van der Waals surface area contributed by atoms with Gasteiger partial charge in [0.2, 0.25) is 0 Å². The number of anilines is 1. The van der Waals surface area contributed by atoms with Crippen LogP contribution in [-0.2, 0) is 0 Å². The predicted molar refractivity (Wildman–Crippen MR) is 84.6 cm³/mol. The molecule has 1 aromatic heterocycles. The highest BCUT2D eigenvalue weighted by Gasteiger charge is 2.15. The molecule has 0 spiro atoms. The molecule has 104 valence electrons. The number of halogens is 2. The Morgan fingerprint density at radius 1 is 1.40 bits per heavy atom. The third-order valence-electron chi connectivity index (χ3n) is 3.12. The van der Waals surface area contributed by atoms with Gasteiger partial charge in [-0.15, -0.1) is 11.3 Å². The topological polar surface area (TPSA) is 35.8 Å². The Morgan fingerprint density at radius 2 is 2.10 bits per heavy atom. The first-order valence-corrected chi connectivity index (χ1v) is 7.76. The van der Waals surface area contributed by atoms with Crippen molar-refractivity contribution < 1.29 is 4.39 Å². The third kappa shape index (κ3) is 2.87. The van der Waals surface area contributed by atoms with E-state index in [1.54, 1.807) is 23.5 Å². The van der Waals surface area contributed by atoms with E-state index in [1.807, 2.05) is 13.0 Å². The van der Waals surface area contributed by atoms with Crippen LogP contribution in [0.5, 0.6) is 0 Å². The van der Waals surface area contributed by atoms with Gasteiger partial charge in [0.15, 0.2) is 5.82 Å². The number of rotatable bonds is 3. The lowest BCUT2D eigenvalue weighted by Crippen LogP contribution is -2.08. The highest BCUT2D eigenvalue weighted by Crippen LogP contribution is 2.32. The minimum Gasteiger partial charge on any atom is -0.376 e. The minimum absolute atomic E-state index is 0.00860. The van der Waals surface area contributed by atoms with Crippen molar-refractivity contribution in [1.29, 1.82) is 5.26 Å². The molecule has 0 aliphatic rings. The molecular weight excluding hydrogens is 339 g/mol. The second-order valence-corrected chi connectivity index (χ2v) is 6.89. The maximum absolute atomic E-state index is 14.2. The lowest BCUT2D eigenvalue weighted by Gasteiger charge is -2.16. The van der Waals surface area contributed by atoms with E-state index < -0.39 is 5.82 Å². The van der Waals surface area contributed by atoms with Crippen LogP contribution in [0.4, 0.5) is 10.1 Å². The molecule has 1 heterocycles. The molecule has 2 nitrogen and oxygen atoms in total. The Morgan fingerprint density at radius 3 is 2.65 bits per heavy atom. The summed E-state index contributed by atoms with van der Waals surface area (Å²) in [5.41, 5.74) is 1.86. The number of aryl methyl sites for hydroxylation is 2. The SMILES string of the molecule is Cc1cc(C(C)Nc2ccc(C#N)c(Br)c2F)c(C)s1. The summed E-state index contributed by atoms with van der Waals surface area (Å²) in [4.78, 5) is 2.48. The standard InChI is InChI=1S/C15H14BrFN2S/c1-8-6-12(10(3)20-8)9(2)19-13-5-4-11(7-18)14(16)15(13)17/h4-6,9,19H,1-3H3. The van der Waals surface area contributed by atoms with Gasteiger partial charge < -0.3 is 5.32 Å². The Kier molecular flexibility index (Phi) is 4.46. The van der Waals surface area contributed by atoms with Gasteiger partial charge in [-0.1, -0.05) is 0 Å². The Bertz CT molecular complexity index is 688. The van der Waals surface area contributed by atoms with Gasteiger partial charge in [-0.3, -0.25) is 0 Å². The molecule has 0 bridgehead atoms. The number of hydrogen-bond donors (Lipinski definition) is 1. The van der Waals surface area contributed by atoms with Crippen LogP contribution in [0.15, 0.2) is 22.7 Å². The summed E-state index contributed by atoms with van der Waals surface area (Å²) in [5, 5.41) is 12.0. The largest absolute Gasteiger partial charge is 0.376 e. The minimum atomic E-state index is -0.430. The summed E-state index contributed by atoms with van der Waals surface area (Å²) in [6.07, 6.45) is 0. The van der Waals surface area contributed by atoms with Crippen LogP contribution in [0.3, 0.4) is 0 Å². The zero-order valence-electron chi connectivity index (χ0n) is 11.4. The van der Waals surface area contributed by atoms with Crippen LogP contribution < -0.4 is 5.32 Å². The molecule has 1 unspecified atom stereocenters. The molecule has 0 aliphatic heterocycles. The first-order valence-electron chi connectivity index (χ1n) is 6.15. The first-order chi connectivity index (χ1) is 9.43. The molecule has 1 N–H and O–H groups in total. The fourth-order valence-electron chi connectivity index (χ4n) is 2.14. The van der Waals surface area contributed by atoms with Gasteiger partial charge in [-0.25, -0.2) is 4.39 Å². The molecule has 2 aromatic rings. The van der Waals surface area contributed by atoms with E-state index in [0.29, 0.717) is 11.3 Å². The normalized spacial score (nSPS) is 12.0. The number of benzene rings is 1. The fraction of sp³-hybridized carbons (Fsp3) is 0.267. The summed E-state index contributed by atoms with van der Waals surface area (Å²) in [6.45, 7) is 6.13. The maximum Gasteiger partial charge on any atom is 0.161 e. The highest BCUT2D eigenvalue weighted by molar-refractivity contribution is 9.10. The molecule has 2 rings (SSSR count). The average Bonchev–Trinajstić information content (AvgIpc) is 2.74. The molecule has 0 aliphatic carbocycles. The molecule has 0 saturated carbocycles. The van der Waals surface area contributed by atoms with E-state index in [9.17, 15) is 4.39 Å². The molecule has 0 radical (unpaired) electrons. The van der Waals surface area contributed by atoms with Gasteiger partial charge in [0.25, 0.3) is 0 Å². The van der Waals surface area contributed by atoms with Gasteiger partial charge in [0.1, 0.15) is 6.07 Å². The monoisotopic (exact) mass is 352 g/mol. The van der Waals surface area contributed by atoms with E-state index in [2.05, 4.69) is 41.2 Å². The average molecular weight is 353 g/mol. The van der Waals surface area contributed by atoms with Crippen molar-refractivity contribution in [3.05, 3.63) is 49.4 Å². The number of thiophene rings is 1. The van der Waals surface area contributed by atoms with Crippen molar-refractivity contribution in [2.45, 2.75) is 26.8 Å². The number of nitrogens with zero attached hydrogens (tertiary/aromatic N) is 1. The molecule has 5 heteroatoms. The first kappa shape index (κ1) is 15.0.